The molecule has 0 spiro atoms. The van der Waals surface area contributed by atoms with Crippen molar-refractivity contribution < 1.29 is 9.47 Å². The molecule has 0 aliphatic carbocycles. The highest BCUT2D eigenvalue weighted by atomic mass is 32.1. The fourth-order valence-corrected chi connectivity index (χ4v) is 2.03. The first kappa shape index (κ1) is 13.6. The third-order valence-electron chi connectivity index (χ3n) is 2.20. The molecule has 0 amide bonds. The molecule has 0 bridgehead atoms. The van der Waals surface area contributed by atoms with E-state index in [1.54, 1.807) is 18.4 Å². The summed E-state index contributed by atoms with van der Waals surface area (Å²) < 4.78 is 10.5. The van der Waals surface area contributed by atoms with E-state index in [0.29, 0.717) is 0 Å². The van der Waals surface area contributed by atoms with Crippen LogP contribution in [0.25, 0.3) is 0 Å². The first-order chi connectivity index (χ1) is 7.93. The number of hydrogen-bond donors (Lipinski definition) is 1. The van der Waals surface area contributed by atoms with Crippen LogP contribution in [0.5, 0.6) is 0 Å². The van der Waals surface area contributed by atoms with E-state index >= 15 is 0 Å². The fraction of sp³-hybridized carbons (Fsp3) is 0.667. The lowest BCUT2D eigenvalue weighted by atomic mass is 10.4. The largest absolute Gasteiger partial charge is 0.385 e. The highest BCUT2D eigenvalue weighted by Crippen LogP contribution is 2.08. The Labute approximate surface area is 102 Å². The molecular weight excluding hydrogens is 222 g/mol. The summed E-state index contributed by atoms with van der Waals surface area (Å²) in [4.78, 5) is 1.40. The van der Waals surface area contributed by atoms with Crippen molar-refractivity contribution in [2.24, 2.45) is 0 Å². The number of thiophene rings is 1. The smallest absolute Gasteiger partial charge is 0.0591 e. The van der Waals surface area contributed by atoms with Crippen molar-refractivity contribution in [3.8, 4) is 0 Å². The van der Waals surface area contributed by atoms with Crippen LogP contribution in [-0.2, 0) is 15.9 Å². The van der Waals surface area contributed by atoms with Crippen LogP contribution in [0, 0.1) is 0 Å². The topological polar surface area (TPSA) is 30.5 Å². The molecule has 1 rings (SSSR count). The molecule has 0 atom stereocenters. The van der Waals surface area contributed by atoms with E-state index in [-0.39, 0.29) is 0 Å². The first-order valence-electron chi connectivity index (χ1n) is 5.73. The van der Waals surface area contributed by atoms with Gasteiger partial charge in [-0.25, -0.2) is 0 Å². The van der Waals surface area contributed by atoms with Gasteiger partial charge in [0.05, 0.1) is 13.2 Å². The van der Waals surface area contributed by atoms with E-state index in [2.05, 4.69) is 22.8 Å². The minimum Gasteiger partial charge on any atom is -0.385 e. The van der Waals surface area contributed by atoms with Crippen molar-refractivity contribution in [2.75, 3.05) is 40.0 Å². The maximum atomic E-state index is 5.53. The maximum Gasteiger partial charge on any atom is 0.0591 e. The zero-order valence-corrected chi connectivity index (χ0v) is 10.7. The lowest BCUT2D eigenvalue weighted by molar-refractivity contribution is 0.138. The summed E-state index contributed by atoms with van der Waals surface area (Å²) in [6, 6.07) is 4.23. The Kier molecular flexibility index (Phi) is 8.34. The normalized spacial score (nSPS) is 10.8. The van der Waals surface area contributed by atoms with E-state index in [9.17, 15) is 0 Å². The van der Waals surface area contributed by atoms with E-state index in [4.69, 9.17) is 9.47 Å². The van der Waals surface area contributed by atoms with Crippen molar-refractivity contribution in [3.63, 3.8) is 0 Å². The molecule has 1 aromatic heterocycles. The summed E-state index contributed by atoms with van der Waals surface area (Å²) in [5.74, 6) is 0. The van der Waals surface area contributed by atoms with Crippen molar-refractivity contribution in [3.05, 3.63) is 22.4 Å². The van der Waals surface area contributed by atoms with Crippen LogP contribution in [0.4, 0.5) is 0 Å². The predicted molar refractivity (Wildman–Crippen MR) is 68.2 cm³/mol. The molecule has 4 heteroatoms. The summed E-state index contributed by atoms with van der Waals surface area (Å²) in [6.07, 6.45) is 2.09. The molecule has 3 nitrogen and oxygen atoms in total. The van der Waals surface area contributed by atoms with Gasteiger partial charge in [0.1, 0.15) is 0 Å². The molecule has 0 aliphatic heterocycles. The minimum atomic E-state index is 0.790. The summed E-state index contributed by atoms with van der Waals surface area (Å²) in [7, 11) is 1.73. The molecule has 16 heavy (non-hydrogen) atoms. The van der Waals surface area contributed by atoms with Gasteiger partial charge in [-0.2, -0.15) is 0 Å². The average molecular weight is 243 g/mol. The number of hydrogen-bond acceptors (Lipinski definition) is 4. The molecule has 1 N–H and O–H groups in total. The highest BCUT2D eigenvalue weighted by Gasteiger charge is 1.93. The predicted octanol–water partition coefficient (Wildman–Crippen LogP) is 1.93. The van der Waals surface area contributed by atoms with Gasteiger partial charge in [0.15, 0.2) is 0 Å². The van der Waals surface area contributed by atoms with E-state index in [0.717, 1.165) is 45.8 Å². The maximum absolute atomic E-state index is 5.53. The molecule has 0 aromatic carbocycles. The summed E-state index contributed by atoms with van der Waals surface area (Å²) >= 11 is 1.79. The zero-order chi connectivity index (χ0) is 11.5. The highest BCUT2D eigenvalue weighted by molar-refractivity contribution is 7.09. The summed E-state index contributed by atoms with van der Waals surface area (Å²) in [5.41, 5.74) is 0. The third kappa shape index (κ3) is 6.95. The van der Waals surface area contributed by atoms with Gasteiger partial charge in [0.25, 0.3) is 0 Å². The molecular formula is C12H21NO2S. The molecule has 0 saturated heterocycles. The minimum absolute atomic E-state index is 0.790. The Morgan fingerprint density at radius 2 is 2.19 bits per heavy atom. The second-order valence-electron chi connectivity index (χ2n) is 3.54. The second-order valence-corrected chi connectivity index (χ2v) is 4.57. The fourth-order valence-electron chi connectivity index (χ4n) is 1.34. The van der Waals surface area contributed by atoms with Crippen LogP contribution in [-0.4, -0.2) is 40.0 Å². The molecule has 0 fully saturated rings. The van der Waals surface area contributed by atoms with Gasteiger partial charge in [0.2, 0.25) is 0 Å². The van der Waals surface area contributed by atoms with Gasteiger partial charge >= 0.3 is 0 Å². The van der Waals surface area contributed by atoms with Gasteiger partial charge in [0, 0.05) is 31.6 Å². The van der Waals surface area contributed by atoms with Gasteiger partial charge in [-0.3, -0.25) is 0 Å². The van der Waals surface area contributed by atoms with E-state index in [1.165, 1.54) is 4.88 Å². The Morgan fingerprint density at radius 1 is 1.25 bits per heavy atom. The SMILES string of the molecule is COCCCNCCOCCc1cccs1. The monoisotopic (exact) mass is 243 g/mol. The van der Waals surface area contributed by atoms with Crippen molar-refractivity contribution in [1.29, 1.82) is 0 Å². The summed E-state index contributed by atoms with van der Waals surface area (Å²) in [6.45, 7) is 4.36. The lowest BCUT2D eigenvalue weighted by Crippen LogP contribution is -2.22. The van der Waals surface area contributed by atoms with Crippen LogP contribution < -0.4 is 5.32 Å². The van der Waals surface area contributed by atoms with Gasteiger partial charge in [-0.05, 0) is 24.4 Å². The van der Waals surface area contributed by atoms with Crippen LogP contribution in [0.15, 0.2) is 17.5 Å². The van der Waals surface area contributed by atoms with Crippen molar-refractivity contribution in [1.82, 2.24) is 5.32 Å². The quantitative estimate of drug-likeness (QED) is 0.637. The van der Waals surface area contributed by atoms with Gasteiger partial charge in [-0.1, -0.05) is 6.07 Å². The Hall–Kier alpha value is -0.420. The molecule has 0 radical (unpaired) electrons. The number of nitrogens with one attached hydrogen (secondary N) is 1. The van der Waals surface area contributed by atoms with Gasteiger partial charge < -0.3 is 14.8 Å². The van der Waals surface area contributed by atoms with Crippen LogP contribution in [0.3, 0.4) is 0 Å². The van der Waals surface area contributed by atoms with E-state index < -0.39 is 0 Å². The molecule has 1 aromatic rings. The average Bonchev–Trinajstić information content (AvgIpc) is 2.80. The Balaban J connectivity index is 1.78. The number of rotatable bonds is 10. The van der Waals surface area contributed by atoms with Crippen molar-refractivity contribution >= 4 is 11.3 Å². The van der Waals surface area contributed by atoms with Crippen LogP contribution >= 0.6 is 11.3 Å². The third-order valence-corrected chi connectivity index (χ3v) is 3.13. The van der Waals surface area contributed by atoms with E-state index in [1.807, 2.05) is 0 Å². The number of ether oxygens (including phenoxy) is 2. The number of methoxy groups -OCH3 is 1. The standard InChI is InChI=1S/C12H21NO2S/c1-14-8-3-6-13-7-10-15-9-5-12-4-2-11-16-12/h2,4,11,13H,3,5-10H2,1H3. The van der Waals surface area contributed by atoms with Gasteiger partial charge in [-0.15, -0.1) is 11.3 Å². The van der Waals surface area contributed by atoms with Crippen LogP contribution in [0.2, 0.25) is 0 Å². The first-order valence-corrected chi connectivity index (χ1v) is 6.61. The molecule has 0 unspecified atom stereocenters. The lowest BCUT2D eigenvalue weighted by Gasteiger charge is -2.05. The molecule has 1 heterocycles. The molecule has 0 saturated carbocycles. The molecule has 92 valence electrons. The zero-order valence-electron chi connectivity index (χ0n) is 9.91. The Morgan fingerprint density at radius 3 is 2.94 bits per heavy atom. The van der Waals surface area contributed by atoms with Crippen LogP contribution in [0.1, 0.15) is 11.3 Å². The van der Waals surface area contributed by atoms with Crippen molar-refractivity contribution in [2.45, 2.75) is 12.8 Å². The molecule has 0 aliphatic rings. The second kappa shape index (κ2) is 9.78. The Bertz CT molecular complexity index is 239. The summed E-state index contributed by atoms with van der Waals surface area (Å²) in [5, 5.41) is 5.42.